The zero-order valence-electron chi connectivity index (χ0n) is 14.8. The van der Waals surface area contributed by atoms with Gasteiger partial charge in [0.25, 0.3) is 5.91 Å². The van der Waals surface area contributed by atoms with Gasteiger partial charge in [0.05, 0.1) is 16.5 Å². The lowest BCUT2D eigenvalue weighted by atomic mass is 10.1. The van der Waals surface area contributed by atoms with Crippen molar-refractivity contribution in [2.45, 2.75) is 25.3 Å². The van der Waals surface area contributed by atoms with Gasteiger partial charge in [-0.05, 0) is 42.0 Å². The number of carbonyl (C=O) groups is 1. The SMILES string of the molecule is CCN(CC)S(=O)(=O)c1ccc(CNC(=O)c2ccc(C#N)cc2)cc1. The summed E-state index contributed by atoms with van der Waals surface area (Å²) in [4.78, 5) is 12.4. The van der Waals surface area contributed by atoms with Crippen molar-refractivity contribution < 1.29 is 13.2 Å². The quantitative estimate of drug-likeness (QED) is 0.810. The first-order chi connectivity index (χ1) is 12.4. The van der Waals surface area contributed by atoms with Gasteiger partial charge < -0.3 is 5.32 Å². The molecule has 0 saturated heterocycles. The number of benzene rings is 2. The number of carbonyl (C=O) groups excluding carboxylic acids is 1. The third-order valence-electron chi connectivity index (χ3n) is 4.00. The molecule has 0 fully saturated rings. The number of sulfonamides is 1. The summed E-state index contributed by atoms with van der Waals surface area (Å²) in [5.74, 6) is -0.255. The second kappa shape index (κ2) is 8.61. The van der Waals surface area contributed by atoms with Gasteiger partial charge in [0.2, 0.25) is 10.0 Å². The van der Waals surface area contributed by atoms with Crippen molar-refractivity contribution in [2.24, 2.45) is 0 Å². The zero-order chi connectivity index (χ0) is 19.2. The van der Waals surface area contributed by atoms with E-state index in [-0.39, 0.29) is 17.3 Å². The Morgan fingerprint density at radius 3 is 2.12 bits per heavy atom. The van der Waals surface area contributed by atoms with Gasteiger partial charge in [-0.1, -0.05) is 26.0 Å². The smallest absolute Gasteiger partial charge is 0.251 e. The van der Waals surface area contributed by atoms with E-state index in [1.54, 1.807) is 62.4 Å². The molecule has 0 aromatic heterocycles. The normalized spacial score (nSPS) is 11.2. The van der Waals surface area contributed by atoms with Crippen LogP contribution in [0.3, 0.4) is 0 Å². The Labute approximate surface area is 154 Å². The van der Waals surface area contributed by atoms with Crippen LogP contribution in [-0.4, -0.2) is 31.7 Å². The molecular weight excluding hydrogens is 350 g/mol. The van der Waals surface area contributed by atoms with Crippen molar-refractivity contribution in [3.8, 4) is 6.07 Å². The molecule has 0 atom stereocenters. The average molecular weight is 371 g/mol. The van der Waals surface area contributed by atoms with Gasteiger partial charge in [0.15, 0.2) is 0 Å². The van der Waals surface area contributed by atoms with Gasteiger partial charge in [-0.3, -0.25) is 4.79 Å². The second-order valence-corrected chi connectivity index (χ2v) is 7.54. The molecule has 26 heavy (non-hydrogen) atoms. The third-order valence-corrected chi connectivity index (χ3v) is 6.06. The minimum Gasteiger partial charge on any atom is -0.348 e. The molecule has 0 aliphatic heterocycles. The Morgan fingerprint density at radius 2 is 1.62 bits per heavy atom. The lowest BCUT2D eigenvalue weighted by molar-refractivity contribution is 0.0951. The maximum atomic E-state index is 12.4. The van der Waals surface area contributed by atoms with E-state index >= 15 is 0 Å². The Morgan fingerprint density at radius 1 is 1.04 bits per heavy atom. The number of nitrogens with one attached hydrogen (secondary N) is 1. The topological polar surface area (TPSA) is 90.3 Å². The summed E-state index contributed by atoms with van der Waals surface area (Å²) in [5.41, 5.74) is 1.75. The van der Waals surface area contributed by atoms with Crippen LogP contribution in [0.2, 0.25) is 0 Å². The van der Waals surface area contributed by atoms with Crippen molar-refractivity contribution in [3.63, 3.8) is 0 Å². The molecule has 6 nitrogen and oxygen atoms in total. The van der Waals surface area contributed by atoms with Crippen molar-refractivity contribution in [3.05, 3.63) is 65.2 Å². The Bertz CT molecular complexity index is 895. The van der Waals surface area contributed by atoms with Crippen LogP contribution in [0.25, 0.3) is 0 Å². The fraction of sp³-hybridized carbons (Fsp3) is 0.263. The highest BCUT2D eigenvalue weighted by atomic mass is 32.2. The first-order valence-electron chi connectivity index (χ1n) is 8.29. The molecule has 0 unspecified atom stereocenters. The van der Waals surface area contributed by atoms with Gasteiger partial charge in [0.1, 0.15) is 0 Å². The lowest BCUT2D eigenvalue weighted by Gasteiger charge is -2.18. The maximum absolute atomic E-state index is 12.4. The summed E-state index contributed by atoms with van der Waals surface area (Å²) in [6.45, 7) is 4.72. The predicted molar refractivity (Wildman–Crippen MR) is 98.9 cm³/mol. The first kappa shape index (κ1) is 19.6. The minimum atomic E-state index is -3.48. The molecule has 7 heteroatoms. The fourth-order valence-corrected chi connectivity index (χ4v) is 3.93. The maximum Gasteiger partial charge on any atom is 0.251 e. The molecule has 136 valence electrons. The first-order valence-corrected chi connectivity index (χ1v) is 9.73. The number of hydrogen-bond acceptors (Lipinski definition) is 4. The molecule has 1 amide bonds. The van der Waals surface area contributed by atoms with Gasteiger partial charge in [-0.15, -0.1) is 0 Å². The molecular formula is C19H21N3O3S. The van der Waals surface area contributed by atoms with Crippen LogP contribution in [-0.2, 0) is 16.6 Å². The second-order valence-electron chi connectivity index (χ2n) is 5.61. The summed E-state index contributed by atoms with van der Waals surface area (Å²) in [5, 5.41) is 11.5. The van der Waals surface area contributed by atoms with Crippen LogP contribution >= 0.6 is 0 Å². The molecule has 0 saturated carbocycles. The van der Waals surface area contributed by atoms with Crippen LogP contribution in [0.1, 0.15) is 35.3 Å². The van der Waals surface area contributed by atoms with E-state index in [4.69, 9.17) is 5.26 Å². The Balaban J connectivity index is 2.03. The molecule has 2 aromatic carbocycles. The van der Waals surface area contributed by atoms with Crippen LogP contribution < -0.4 is 5.32 Å². The van der Waals surface area contributed by atoms with Crippen LogP contribution in [0.4, 0.5) is 0 Å². The summed E-state index contributed by atoms with van der Waals surface area (Å²) < 4.78 is 26.3. The number of amides is 1. The fourth-order valence-electron chi connectivity index (χ4n) is 2.47. The minimum absolute atomic E-state index is 0.239. The monoisotopic (exact) mass is 371 g/mol. The molecule has 2 rings (SSSR count). The summed E-state index contributed by atoms with van der Waals surface area (Å²) >= 11 is 0. The molecule has 0 radical (unpaired) electrons. The van der Waals surface area contributed by atoms with E-state index in [1.807, 2.05) is 6.07 Å². The number of rotatable bonds is 7. The number of hydrogen-bond donors (Lipinski definition) is 1. The highest BCUT2D eigenvalue weighted by Crippen LogP contribution is 2.16. The summed E-state index contributed by atoms with van der Waals surface area (Å²) in [6, 6.07) is 14.8. The average Bonchev–Trinajstić information content (AvgIpc) is 2.67. The summed E-state index contributed by atoms with van der Waals surface area (Å²) in [7, 11) is -3.48. The summed E-state index contributed by atoms with van der Waals surface area (Å²) in [6.07, 6.45) is 0. The number of nitrogens with zero attached hydrogens (tertiary/aromatic N) is 2. The van der Waals surface area contributed by atoms with Crippen LogP contribution in [0.5, 0.6) is 0 Å². The standard InChI is InChI=1S/C19H21N3O3S/c1-3-22(4-2)26(24,25)18-11-7-16(8-12-18)14-21-19(23)17-9-5-15(13-20)6-10-17/h5-12H,3-4,14H2,1-2H3,(H,21,23). The zero-order valence-corrected chi connectivity index (χ0v) is 15.6. The lowest BCUT2D eigenvalue weighted by Crippen LogP contribution is -2.30. The van der Waals surface area contributed by atoms with E-state index in [0.29, 0.717) is 24.2 Å². The van der Waals surface area contributed by atoms with Gasteiger partial charge in [-0.2, -0.15) is 9.57 Å². The highest BCUT2D eigenvalue weighted by Gasteiger charge is 2.21. The van der Waals surface area contributed by atoms with E-state index < -0.39 is 10.0 Å². The Hall–Kier alpha value is -2.69. The predicted octanol–water partition coefficient (Wildman–Crippen LogP) is 2.52. The molecule has 0 bridgehead atoms. The van der Waals surface area contributed by atoms with E-state index in [0.717, 1.165) is 5.56 Å². The van der Waals surface area contributed by atoms with Gasteiger partial charge >= 0.3 is 0 Å². The van der Waals surface area contributed by atoms with Crippen LogP contribution in [0, 0.1) is 11.3 Å². The molecule has 0 heterocycles. The number of nitriles is 1. The Kier molecular flexibility index (Phi) is 6.50. The third kappa shape index (κ3) is 4.48. The van der Waals surface area contributed by atoms with E-state index in [2.05, 4.69) is 5.32 Å². The molecule has 0 spiro atoms. The van der Waals surface area contributed by atoms with Crippen molar-refractivity contribution >= 4 is 15.9 Å². The molecule has 0 aliphatic carbocycles. The van der Waals surface area contributed by atoms with Crippen molar-refractivity contribution in [2.75, 3.05) is 13.1 Å². The van der Waals surface area contributed by atoms with Crippen molar-refractivity contribution in [1.29, 1.82) is 5.26 Å². The van der Waals surface area contributed by atoms with Gasteiger partial charge in [-0.25, -0.2) is 8.42 Å². The molecule has 0 aliphatic rings. The van der Waals surface area contributed by atoms with Crippen LogP contribution in [0.15, 0.2) is 53.4 Å². The van der Waals surface area contributed by atoms with E-state index in [1.165, 1.54) is 4.31 Å². The molecule has 1 N–H and O–H groups in total. The molecule has 2 aromatic rings. The van der Waals surface area contributed by atoms with Crippen molar-refractivity contribution in [1.82, 2.24) is 9.62 Å². The van der Waals surface area contributed by atoms with Gasteiger partial charge in [0, 0.05) is 25.2 Å². The van der Waals surface area contributed by atoms with E-state index in [9.17, 15) is 13.2 Å². The largest absolute Gasteiger partial charge is 0.348 e. The highest BCUT2D eigenvalue weighted by molar-refractivity contribution is 7.89.